The second-order valence-corrected chi connectivity index (χ2v) is 15.1. The van der Waals surface area contributed by atoms with Gasteiger partial charge in [0.15, 0.2) is 6.10 Å². The van der Waals surface area contributed by atoms with Crippen LogP contribution >= 0.6 is 0 Å². The highest BCUT2D eigenvalue weighted by atomic mass is 16.6. The Morgan fingerprint density at radius 2 is 1.12 bits per heavy atom. The van der Waals surface area contributed by atoms with E-state index in [9.17, 15) is 19.8 Å². The van der Waals surface area contributed by atoms with Crippen molar-refractivity contribution in [1.29, 1.82) is 0 Å². The van der Waals surface area contributed by atoms with Gasteiger partial charge in [-0.1, -0.05) is 192 Å². The predicted octanol–water partition coefficient (Wildman–Crippen LogP) is 12.5. The molecule has 2 N–H and O–H groups in total. The van der Waals surface area contributed by atoms with Crippen molar-refractivity contribution < 1.29 is 29.3 Å². The van der Waals surface area contributed by atoms with Gasteiger partial charge < -0.3 is 19.7 Å². The van der Waals surface area contributed by atoms with Crippen LogP contribution in [0, 0.1) is 5.92 Å². The molecule has 0 aliphatic rings. The highest BCUT2D eigenvalue weighted by Crippen LogP contribution is 2.16. The Morgan fingerprint density at radius 3 is 1.69 bits per heavy atom. The minimum Gasteiger partial charge on any atom is -0.462 e. The van der Waals surface area contributed by atoms with Gasteiger partial charge in [-0.3, -0.25) is 9.59 Å². The maximum atomic E-state index is 12.2. The molecule has 0 bridgehead atoms. The number of hydrogen-bond donors (Lipinski definition) is 2. The lowest BCUT2D eigenvalue weighted by Crippen LogP contribution is -2.28. The number of carbonyl (C=O) groups is 2. The first kappa shape index (κ1) is 49.1. The van der Waals surface area contributed by atoms with Crippen LogP contribution in [0.1, 0.15) is 207 Å². The van der Waals surface area contributed by atoms with E-state index in [4.69, 9.17) is 9.47 Å². The number of aliphatic hydroxyl groups excluding tert-OH is 2. The zero-order chi connectivity index (χ0) is 37.5. The highest BCUT2D eigenvalue weighted by Gasteiger charge is 2.16. The Morgan fingerprint density at radius 1 is 0.588 bits per heavy atom. The van der Waals surface area contributed by atoms with Gasteiger partial charge in [0.1, 0.15) is 6.61 Å². The van der Waals surface area contributed by atoms with Gasteiger partial charge in [-0.2, -0.15) is 0 Å². The maximum absolute atomic E-state index is 12.2. The maximum Gasteiger partial charge on any atom is 0.306 e. The Hall–Kier alpha value is -1.92. The molecule has 6 heteroatoms. The SMILES string of the molecule is CCCCCCCC/C=C/C/C=C/C=C/C(O)CCCC(=O)OC[C@H](CO)OC(=O)CCCCCCCCCCCCCCCCCCC(C)C. The first-order chi connectivity index (χ1) is 24.9. The van der Waals surface area contributed by atoms with E-state index in [0.717, 1.165) is 38.0 Å². The molecule has 0 aromatic rings. The molecule has 0 saturated heterocycles. The number of aliphatic hydroxyl groups is 2. The summed E-state index contributed by atoms with van der Waals surface area (Å²) >= 11 is 0. The molecule has 0 heterocycles. The molecular weight excluding hydrogens is 636 g/mol. The standard InChI is InChI=1S/C45H82O6/c1-4-5-6-7-8-9-10-15-19-22-25-28-31-35-42(47)36-33-38-44(48)50-40-43(39-46)51-45(49)37-32-29-26-23-20-17-14-12-11-13-16-18-21-24-27-30-34-41(2)3/h15,19,25,28,31,35,41-43,46-47H,4-14,16-18,20-24,26-27,29-30,32-34,36-40H2,1-3H3/b19-15+,28-25+,35-31+/t42?,43-/m0/s1. The molecule has 1 unspecified atom stereocenters. The Labute approximate surface area is 315 Å². The summed E-state index contributed by atoms with van der Waals surface area (Å²) in [6.07, 6.45) is 43.9. The first-order valence-electron chi connectivity index (χ1n) is 21.5. The van der Waals surface area contributed by atoms with E-state index in [1.807, 2.05) is 12.2 Å². The molecule has 0 aliphatic carbocycles. The van der Waals surface area contributed by atoms with E-state index < -0.39 is 18.2 Å². The second kappa shape index (κ2) is 39.3. The minimum absolute atomic E-state index is 0.152. The van der Waals surface area contributed by atoms with Gasteiger partial charge >= 0.3 is 11.9 Å². The van der Waals surface area contributed by atoms with Crippen LogP contribution < -0.4 is 0 Å². The van der Waals surface area contributed by atoms with Crippen LogP contribution in [0.25, 0.3) is 0 Å². The summed E-state index contributed by atoms with van der Waals surface area (Å²) in [5.41, 5.74) is 0. The van der Waals surface area contributed by atoms with Crippen molar-refractivity contribution in [2.45, 2.75) is 219 Å². The number of carbonyl (C=O) groups excluding carboxylic acids is 2. The predicted molar refractivity (Wildman–Crippen MR) is 216 cm³/mol. The number of allylic oxidation sites excluding steroid dienone is 5. The molecule has 0 saturated carbocycles. The fraction of sp³-hybridized carbons (Fsp3) is 0.822. The number of rotatable bonds is 38. The van der Waals surface area contributed by atoms with Crippen molar-refractivity contribution in [2.75, 3.05) is 13.2 Å². The lowest BCUT2D eigenvalue weighted by Gasteiger charge is -2.16. The summed E-state index contributed by atoms with van der Waals surface area (Å²) in [5.74, 6) is 0.0687. The van der Waals surface area contributed by atoms with Crippen molar-refractivity contribution in [2.24, 2.45) is 5.92 Å². The van der Waals surface area contributed by atoms with Gasteiger partial charge in [0.2, 0.25) is 0 Å². The van der Waals surface area contributed by atoms with Crippen molar-refractivity contribution in [3.05, 3.63) is 36.5 Å². The van der Waals surface area contributed by atoms with Gasteiger partial charge in [0.05, 0.1) is 12.7 Å². The van der Waals surface area contributed by atoms with Crippen LogP contribution in [-0.2, 0) is 19.1 Å². The Kier molecular flexibility index (Phi) is 37.8. The minimum atomic E-state index is -0.841. The molecule has 0 fully saturated rings. The topological polar surface area (TPSA) is 93.1 Å². The fourth-order valence-electron chi connectivity index (χ4n) is 6.16. The van der Waals surface area contributed by atoms with Gasteiger partial charge in [0.25, 0.3) is 0 Å². The van der Waals surface area contributed by atoms with E-state index in [0.29, 0.717) is 19.3 Å². The lowest BCUT2D eigenvalue weighted by atomic mass is 10.0. The lowest BCUT2D eigenvalue weighted by molar-refractivity contribution is -0.161. The summed E-state index contributed by atoms with van der Waals surface area (Å²) in [6, 6.07) is 0. The van der Waals surface area contributed by atoms with Crippen LogP contribution in [0.3, 0.4) is 0 Å². The van der Waals surface area contributed by atoms with Crippen molar-refractivity contribution in [3.63, 3.8) is 0 Å². The molecule has 0 spiro atoms. The molecule has 0 radical (unpaired) electrons. The monoisotopic (exact) mass is 719 g/mol. The van der Waals surface area contributed by atoms with Gasteiger partial charge in [-0.15, -0.1) is 0 Å². The second-order valence-electron chi connectivity index (χ2n) is 15.1. The average molecular weight is 719 g/mol. The van der Waals surface area contributed by atoms with Crippen molar-refractivity contribution in [3.8, 4) is 0 Å². The zero-order valence-electron chi connectivity index (χ0n) is 33.6. The Bertz CT molecular complexity index is 848. The molecule has 298 valence electrons. The van der Waals surface area contributed by atoms with Crippen LogP contribution in [-0.4, -0.2) is 47.6 Å². The van der Waals surface area contributed by atoms with Gasteiger partial charge in [0, 0.05) is 12.8 Å². The van der Waals surface area contributed by atoms with E-state index in [1.54, 1.807) is 6.08 Å². The summed E-state index contributed by atoms with van der Waals surface area (Å²) in [6.45, 7) is 6.34. The van der Waals surface area contributed by atoms with Crippen LogP contribution in [0.4, 0.5) is 0 Å². The summed E-state index contributed by atoms with van der Waals surface area (Å²) in [5, 5.41) is 19.7. The van der Waals surface area contributed by atoms with Gasteiger partial charge in [-0.25, -0.2) is 0 Å². The normalized spacial score (nSPS) is 13.2. The van der Waals surface area contributed by atoms with E-state index in [1.165, 1.54) is 128 Å². The third-order valence-electron chi connectivity index (χ3n) is 9.47. The van der Waals surface area contributed by atoms with Crippen LogP contribution in [0.2, 0.25) is 0 Å². The van der Waals surface area contributed by atoms with E-state index >= 15 is 0 Å². The van der Waals surface area contributed by atoms with E-state index in [-0.39, 0.29) is 25.6 Å². The molecule has 0 rings (SSSR count). The third-order valence-corrected chi connectivity index (χ3v) is 9.47. The molecule has 0 aromatic carbocycles. The largest absolute Gasteiger partial charge is 0.462 e. The molecule has 0 amide bonds. The zero-order valence-corrected chi connectivity index (χ0v) is 33.6. The molecular formula is C45H82O6. The number of hydrogen-bond acceptors (Lipinski definition) is 6. The molecule has 51 heavy (non-hydrogen) atoms. The quantitative estimate of drug-likeness (QED) is 0.0286. The smallest absolute Gasteiger partial charge is 0.306 e. The highest BCUT2D eigenvalue weighted by molar-refractivity contribution is 5.70. The van der Waals surface area contributed by atoms with Crippen molar-refractivity contribution in [1.82, 2.24) is 0 Å². The van der Waals surface area contributed by atoms with Crippen molar-refractivity contribution >= 4 is 11.9 Å². The van der Waals surface area contributed by atoms with E-state index in [2.05, 4.69) is 39.0 Å². The van der Waals surface area contributed by atoms with Gasteiger partial charge in [-0.05, 0) is 44.4 Å². The molecule has 0 aliphatic heterocycles. The number of ether oxygens (including phenoxy) is 2. The molecule has 6 nitrogen and oxygen atoms in total. The first-order valence-corrected chi connectivity index (χ1v) is 21.5. The third kappa shape index (κ3) is 39.1. The number of esters is 2. The van der Waals surface area contributed by atoms with Crippen LogP contribution in [0.15, 0.2) is 36.5 Å². The fourth-order valence-corrected chi connectivity index (χ4v) is 6.16. The molecule has 0 aromatic heterocycles. The molecule has 2 atom stereocenters. The summed E-state index contributed by atoms with van der Waals surface area (Å²) in [4.78, 5) is 24.3. The average Bonchev–Trinajstić information content (AvgIpc) is 3.11. The Balaban J connectivity index is 3.68. The summed E-state index contributed by atoms with van der Waals surface area (Å²) in [7, 11) is 0. The summed E-state index contributed by atoms with van der Waals surface area (Å²) < 4.78 is 10.5. The van der Waals surface area contributed by atoms with Crippen LogP contribution in [0.5, 0.6) is 0 Å². The number of unbranched alkanes of at least 4 members (excludes halogenated alkanes) is 21.